The number of alkyl halides is 3. The summed E-state index contributed by atoms with van der Waals surface area (Å²) < 4.78 is 37.5. The van der Waals surface area contributed by atoms with Crippen LogP contribution in [-0.4, -0.2) is 17.3 Å². The first-order valence-electron chi connectivity index (χ1n) is 6.83. The van der Waals surface area contributed by atoms with Crippen LogP contribution in [-0.2, 0) is 6.18 Å². The van der Waals surface area contributed by atoms with Gasteiger partial charge in [0.1, 0.15) is 0 Å². The summed E-state index contributed by atoms with van der Waals surface area (Å²) in [4.78, 5) is 0. The molecule has 1 aromatic carbocycles. The maximum atomic E-state index is 12.5. The summed E-state index contributed by atoms with van der Waals surface area (Å²) in [6, 6.07) is 5.02. The maximum Gasteiger partial charge on any atom is 0.416 e. The highest BCUT2D eigenvalue weighted by molar-refractivity contribution is 5.26. The number of nitrogens with one attached hydrogen (secondary N) is 1. The minimum atomic E-state index is -4.31. The van der Waals surface area contributed by atoms with E-state index in [9.17, 15) is 18.3 Å². The number of aliphatic hydroxyl groups excluding tert-OH is 1. The van der Waals surface area contributed by atoms with Crippen LogP contribution in [0.5, 0.6) is 0 Å². The fourth-order valence-electron chi connectivity index (χ4n) is 2.23. The molecule has 0 spiro atoms. The molecule has 0 aliphatic heterocycles. The summed E-state index contributed by atoms with van der Waals surface area (Å²) >= 11 is 0. The molecule has 0 saturated carbocycles. The lowest BCUT2D eigenvalue weighted by Gasteiger charge is -2.34. The highest BCUT2D eigenvalue weighted by Crippen LogP contribution is 2.30. The SMILES string of the molecule is CCC(CC)(CO)NC(C)c1ccc(C(F)(F)F)cc1. The molecule has 0 aromatic heterocycles. The van der Waals surface area contributed by atoms with E-state index in [1.165, 1.54) is 12.1 Å². The molecule has 0 amide bonds. The first-order chi connectivity index (χ1) is 9.28. The van der Waals surface area contributed by atoms with Crippen LogP contribution in [0.25, 0.3) is 0 Å². The molecule has 114 valence electrons. The third kappa shape index (κ3) is 3.96. The van der Waals surface area contributed by atoms with E-state index in [4.69, 9.17) is 0 Å². The van der Waals surface area contributed by atoms with Crippen molar-refractivity contribution in [1.82, 2.24) is 5.32 Å². The van der Waals surface area contributed by atoms with E-state index in [1.807, 2.05) is 20.8 Å². The summed E-state index contributed by atoms with van der Waals surface area (Å²) in [5.74, 6) is 0. The van der Waals surface area contributed by atoms with E-state index >= 15 is 0 Å². The molecular formula is C15H22F3NO. The maximum absolute atomic E-state index is 12.5. The van der Waals surface area contributed by atoms with E-state index in [-0.39, 0.29) is 18.2 Å². The Labute approximate surface area is 118 Å². The van der Waals surface area contributed by atoms with E-state index in [1.54, 1.807) is 0 Å². The number of aliphatic hydroxyl groups is 1. The summed E-state index contributed by atoms with van der Waals surface area (Å²) in [5, 5.41) is 12.8. The van der Waals surface area contributed by atoms with Gasteiger partial charge in [-0.25, -0.2) is 0 Å². The molecule has 0 bridgehead atoms. The number of benzene rings is 1. The number of halogens is 3. The van der Waals surface area contributed by atoms with E-state index in [0.29, 0.717) is 0 Å². The molecule has 1 rings (SSSR count). The molecular weight excluding hydrogens is 267 g/mol. The highest BCUT2D eigenvalue weighted by Gasteiger charge is 2.31. The van der Waals surface area contributed by atoms with Gasteiger partial charge in [0.05, 0.1) is 12.2 Å². The summed E-state index contributed by atoms with van der Waals surface area (Å²) in [6.45, 7) is 5.85. The standard InChI is InChI=1S/C15H22F3NO/c1-4-14(5-2,10-20)19-11(3)12-6-8-13(9-7-12)15(16,17)18/h6-9,11,19-20H,4-5,10H2,1-3H3. The summed E-state index contributed by atoms with van der Waals surface area (Å²) in [6.07, 6.45) is -2.80. The Morgan fingerprint density at radius 2 is 1.60 bits per heavy atom. The monoisotopic (exact) mass is 289 g/mol. The van der Waals surface area contributed by atoms with Crippen LogP contribution in [0.2, 0.25) is 0 Å². The first-order valence-corrected chi connectivity index (χ1v) is 6.83. The summed E-state index contributed by atoms with van der Waals surface area (Å²) in [5.41, 5.74) is -0.257. The van der Waals surface area contributed by atoms with Crippen molar-refractivity contribution in [3.05, 3.63) is 35.4 Å². The zero-order valence-corrected chi connectivity index (χ0v) is 12.1. The van der Waals surface area contributed by atoms with Crippen molar-refractivity contribution >= 4 is 0 Å². The minimum absolute atomic E-state index is 0.00494. The molecule has 2 N–H and O–H groups in total. The number of hydrogen-bond donors (Lipinski definition) is 2. The predicted octanol–water partition coefficient (Wildman–Crippen LogP) is 3.91. The van der Waals surface area contributed by atoms with Gasteiger partial charge in [0.15, 0.2) is 0 Å². The molecule has 1 atom stereocenters. The van der Waals surface area contributed by atoms with Gasteiger partial charge in [-0.3, -0.25) is 0 Å². The molecule has 0 radical (unpaired) electrons. The fraction of sp³-hybridized carbons (Fsp3) is 0.600. The Hall–Kier alpha value is -1.07. The summed E-state index contributed by atoms with van der Waals surface area (Å²) in [7, 11) is 0. The molecule has 0 fully saturated rings. The molecule has 2 nitrogen and oxygen atoms in total. The lowest BCUT2D eigenvalue weighted by Crippen LogP contribution is -2.48. The predicted molar refractivity (Wildman–Crippen MR) is 73.4 cm³/mol. The number of rotatable bonds is 6. The van der Waals surface area contributed by atoms with E-state index in [0.717, 1.165) is 30.5 Å². The largest absolute Gasteiger partial charge is 0.416 e. The van der Waals surface area contributed by atoms with Crippen molar-refractivity contribution in [2.24, 2.45) is 0 Å². The molecule has 0 aliphatic rings. The zero-order chi connectivity index (χ0) is 15.4. The first kappa shape index (κ1) is 17.0. The van der Waals surface area contributed by atoms with Gasteiger partial charge in [0.2, 0.25) is 0 Å². The van der Waals surface area contributed by atoms with E-state index < -0.39 is 11.7 Å². The van der Waals surface area contributed by atoms with Gasteiger partial charge in [-0.15, -0.1) is 0 Å². The Morgan fingerprint density at radius 1 is 1.10 bits per heavy atom. The molecule has 5 heteroatoms. The fourth-order valence-corrected chi connectivity index (χ4v) is 2.23. The van der Waals surface area contributed by atoms with Gasteiger partial charge >= 0.3 is 6.18 Å². The second-order valence-electron chi connectivity index (χ2n) is 5.13. The normalized spacial score (nSPS) is 14.3. The smallest absolute Gasteiger partial charge is 0.394 e. The molecule has 20 heavy (non-hydrogen) atoms. The third-order valence-corrected chi connectivity index (χ3v) is 3.92. The molecule has 1 aromatic rings. The van der Waals surface area contributed by atoms with Crippen molar-refractivity contribution in [1.29, 1.82) is 0 Å². The van der Waals surface area contributed by atoms with Gasteiger partial charge in [-0.05, 0) is 37.5 Å². The van der Waals surface area contributed by atoms with Crippen molar-refractivity contribution < 1.29 is 18.3 Å². The van der Waals surface area contributed by atoms with Crippen molar-refractivity contribution in [3.8, 4) is 0 Å². The zero-order valence-electron chi connectivity index (χ0n) is 12.1. The van der Waals surface area contributed by atoms with E-state index in [2.05, 4.69) is 5.32 Å². The van der Waals surface area contributed by atoms with Crippen molar-refractivity contribution in [3.63, 3.8) is 0 Å². The van der Waals surface area contributed by atoms with Gasteiger partial charge in [-0.1, -0.05) is 26.0 Å². The van der Waals surface area contributed by atoms with Gasteiger partial charge in [-0.2, -0.15) is 13.2 Å². The van der Waals surface area contributed by atoms with Crippen LogP contribution in [0.15, 0.2) is 24.3 Å². The highest BCUT2D eigenvalue weighted by atomic mass is 19.4. The van der Waals surface area contributed by atoms with Crippen LogP contribution in [0.4, 0.5) is 13.2 Å². The lowest BCUT2D eigenvalue weighted by atomic mass is 9.91. The van der Waals surface area contributed by atoms with Gasteiger partial charge in [0.25, 0.3) is 0 Å². The average molecular weight is 289 g/mol. The quantitative estimate of drug-likeness (QED) is 0.832. The topological polar surface area (TPSA) is 32.3 Å². The van der Waals surface area contributed by atoms with Gasteiger partial charge < -0.3 is 10.4 Å². The van der Waals surface area contributed by atoms with Gasteiger partial charge in [0, 0.05) is 11.6 Å². The van der Waals surface area contributed by atoms with Crippen LogP contribution < -0.4 is 5.32 Å². The Bertz CT molecular complexity index is 402. The van der Waals surface area contributed by atoms with Crippen LogP contribution in [0, 0.1) is 0 Å². The van der Waals surface area contributed by atoms with Crippen molar-refractivity contribution in [2.75, 3.05) is 6.61 Å². The van der Waals surface area contributed by atoms with Crippen molar-refractivity contribution in [2.45, 2.75) is 51.4 Å². The Kier molecular flexibility index (Phi) is 5.59. The molecule has 0 heterocycles. The molecule has 0 saturated heterocycles. The van der Waals surface area contributed by atoms with Crippen LogP contribution in [0.1, 0.15) is 50.8 Å². The minimum Gasteiger partial charge on any atom is -0.394 e. The van der Waals surface area contributed by atoms with Crippen LogP contribution in [0.3, 0.4) is 0 Å². The second kappa shape index (κ2) is 6.59. The third-order valence-electron chi connectivity index (χ3n) is 3.92. The van der Waals surface area contributed by atoms with Crippen LogP contribution >= 0.6 is 0 Å². The Morgan fingerprint density at radius 3 is 1.95 bits per heavy atom. The Balaban J connectivity index is 2.85. The molecule has 0 aliphatic carbocycles. The average Bonchev–Trinajstić information content (AvgIpc) is 2.44. The second-order valence-corrected chi connectivity index (χ2v) is 5.13. The lowest BCUT2D eigenvalue weighted by molar-refractivity contribution is -0.137. The molecule has 1 unspecified atom stereocenters. The number of hydrogen-bond acceptors (Lipinski definition) is 2.